The molecule has 1 amide bonds. The second-order valence-electron chi connectivity index (χ2n) is 2.53. The number of carbonyl (C=O) groups is 1. The first-order chi connectivity index (χ1) is 6.09. The second kappa shape index (κ2) is 4.04. The fraction of sp³-hybridized carbons (Fsp3) is 0.125. The van der Waals surface area contributed by atoms with Crippen molar-refractivity contribution in [1.82, 2.24) is 0 Å². The number of rotatable bonds is 3. The summed E-state index contributed by atoms with van der Waals surface area (Å²) in [6.45, 7) is 0. The summed E-state index contributed by atoms with van der Waals surface area (Å²) in [5, 5.41) is 0. The maximum atomic E-state index is 11.4. The van der Waals surface area contributed by atoms with Crippen LogP contribution in [-0.4, -0.2) is 15.9 Å². The lowest BCUT2D eigenvalue weighted by molar-refractivity contribution is -0.115. The van der Waals surface area contributed by atoms with Crippen molar-refractivity contribution >= 4 is 22.4 Å². The Morgan fingerprint density at radius 1 is 1.46 bits per heavy atom. The average molecular weight is 198 g/mol. The molecule has 0 saturated carbocycles. The summed E-state index contributed by atoms with van der Waals surface area (Å²) in [5.74, 6) is -0.746. The molecule has 0 fully saturated rings. The predicted octanol–water partition coefficient (Wildman–Crippen LogP) is -0.138. The van der Waals surface area contributed by atoms with Gasteiger partial charge in [-0.25, -0.2) is 0 Å². The number of anilines is 1. The Morgan fingerprint density at radius 3 is 2.69 bits per heavy atom. The summed E-state index contributed by atoms with van der Waals surface area (Å²) in [5.41, 5.74) is 10.9. The maximum Gasteiger partial charge on any atom is 0.230 e. The molecule has 1 unspecified atom stereocenters. The Labute approximate surface area is 78.4 Å². The monoisotopic (exact) mass is 198 g/mol. The van der Waals surface area contributed by atoms with Crippen LogP contribution in [0.2, 0.25) is 0 Å². The van der Waals surface area contributed by atoms with Gasteiger partial charge in [0.05, 0.1) is 10.8 Å². The number of nitrogens with two attached hydrogens (primary N) is 2. The quantitative estimate of drug-likeness (QED) is 0.663. The zero-order valence-corrected chi connectivity index (χ0v) is 7.71. The summed E-state index contributed by atoms with van der Waals surface area (Å²) in [6, 6.07) is 6.59. The molecule has 0 aliphatic rings. The van der Waals surface area contributed by atoms with E-state index >= 15 is 0 Å². The van der Waals surface area contributed by atoms with Crippen LogP contribution in [0.1, 0.15) is 0 Å². The van der Waals surface area contributed by atoms with Crippen molar-refractivity contribution < 1.29 is 9.00 Å². The number of hydrogen-bond donors (Lipinski definition) is 2. The van der Waals surface area contributed by atoms with Gasteiger partial charge in [-0.05, 0) is 18.2 Å². The van der Waals surface area contributed by atoms with Crippen LogP contribution >= 0.6 is 0 Å². The van der Waals surface area contributed by atoms with Gasteiger partial charge in [0, 0.05) is 10.6 Å². The van der Waals surface area contributed by atoms with Crippen molar-refractivity contribution in [1.29, 1.82) is 0 Å². The van der Waals surface area contributed by atoms with Crippen molar-refractivity contribution in [2.75, 3.05) is 11.5 Å². The third-order valence-corrected chi connectivity index (χ3v) is 2.72. The molecule has 0 bridgehead atoms. The minimum atomic E-state index is -1.38. The molecule has 0 aliphatic heterocycles. The van der Waals surface area contributed by atoms with Gasteiger partial charge in [0.1, 0.15) is 5.75 Å². The Bertz CT molecular complexity index is 352. The van der Waals surface area contributed by atoms with Crippen molar-refractivity contribution in [2.24, 2.45) is 5.73 Å². The van der Waals surface area contributed by atoms with E-state index in [1.807, 2.05) is 0 Å². The van der Waals surface area contributed by atoms with Crippen molar-refractivity contribution in [2.45, 2.75) is 4.90 Å². The molecule has 4 nitrogen and oxygen atoms in total. The molecular formula is C8H10N2O2S. The van der Waals surface area contributed by atoms with Crippen molar-refractivity contribution in [3.05, 3.63) is 24.3 Å². The second-order valence-corrected chi connectivity index (χ2v) is 3.98. The highest BCUT2D eigenvalue weighted by Gasteiger charge is 2.06. The standard InChI is InChI=1S/C8H10N2O2S/c9-6-2-1-3-7(4-6)13(12)5-8(10)11/h1-4H,5,9H2,(H2,10,11). The third kappa shape index (κ3) is 2.87. The van der Waals surface area contributed by atoms with Gasteiger partial charge in [0.2, 0.25) is 5.91 Å². The Balaban J connectivity index is 2.83. The highest BCUT2D eigenvalue weighted by Crippen LogP contribution is 2.10. The van der Waals surface area contributed by atoms with Gasteiger partial charge in [-0.1, -0.05) is 6.07 Å². The van der Waals surface area contributed by atoms with Crippen molar-refractivity contribution in [3.8, 4) is 0 Å². The smallest absolute Gasteiger partial charge is 0.230 e. The predicted molar refractivity (Wildman–Crippen MR) is 51.3 cm³/mol. The SMILES string of the molecule is NC(=O)CS(=O)c1cccc(N)c1. The number of carbonyl (C=O) groups excluding carboxylic acids is 1. The third-order valence-electron chi connectivity index (χ3n) is 1.39. The van der Waals surface area contributed by atoms with Gasteiger partial charge in [-0.15, -0.1) is 0 Å². The van der Waals surface area contributed by atoms with E-state index in [1.165, 1.54) is 0 Å². The fourth-order valence-electron chi connectivity index (χ4n) is 0.869. The molecule has 4 N–H and O–H groups in total. The van der Waals surface area contributed by atoms with E-state index in [4.69, 9.17) is 11.5 Å². The first kappa shape index (κ1) is 9.73. The highest BCUT2D eigenvalue weighted by atomic mass is 32.2. The van der Waals surface area contributed by atoms with Crippen LogP contribution in [0.15, 0.2) is 29.2 Å². The largest absolute Gasteiger partial charge is 0.399 e. The number of hydrogen-bond acceptors (Lipinski definition) is 3. The van der Waals surface area contributed by atoms with E-state index in [0.717, 1.165) is 0 Å². The number of primary amides is 1. The van der Waals surface area contributed by atoms with Gasteiger partial charge < -0.3 is 11.5 Å². The molecule has 0 saturated heterocycles. The maximum absolute atomic E-state index is 11.4. The summed E-state index contributed by atoms with van der Waals surface area (Å²) in [6.07, 6.45) is 0. The lowest BCUT2D eigenvalue weighted by Gasteiger charge is -2.00. The van der Waals surface area contributed by atoms with Crippen molar-refractivity contribution in [3.63, 3.8) is 0 Å². The summed E-state index contributed by atoms with van der Waals surface area (Å²) in [7, 11) is -1.38. The zero-order valence-electron chi connectivity index (χ0n) is 6.90. The first-order valence-electron chi connectivity index (χ1n) is 3.62. The molecule has 1 aromatic carbocycles. The summed E-state index contributed by atoms with van der Waals surface area (Å²) in [4.78, 5) is 11.0. The van der Waals surface area contributed by atoms with Gasteiger partial charge in [-0.2, -0.15) is 0 Å². The van der Waals surface area contributed by atoms with Gasteiger partial charge in [0.25, 0.3) is 0 Å². The van der Waals surface area contributed by atoms with Crippen LogP contribution < -0.4 is 11.5 Å². The molecular weight excluding hydrogens is 188 g/mol. The normalized spacial score (nSPS) is 12.3. The lowest BCUT2D eigenvalue weighted by atomic mass is 10.3. The molecule has 13 heavy (non-hydrogen) atoms. The number of benzene rings is 1. The summed E-state index contributed by atoms with van der Waals surface area (Å²) >= 11 is 0. The molecule has 1 aromatic rings. The molecule has 70 valence electrons. The topological polar surface area (TPSA) is 86.2 Å². The molecule has 5 heteroatoms. The molecule has 0 radical (unpaired) electrons. The Hall–Kier alpha value is -1.36. The van der Waals surface area contributed by atoms with Crippen LogP contribution in [-0.2, 0) is 15.6 Å². The Morgan fingerprint density at radius 2 is 2.15 bits per heavy atom. The average Bonchev–Trinajstić information content (AvgIpc) is 2.03. The number of nitrogen functional groups attached to an aromatic ring is 1. The minimum Gasteiger partial charge on any atom is -0.399 e. The van der Waals surface area contributed by atoms with Gasteiger partial charge in [0.15, 0.2) is 0 Å². The molecule has 0 heterocycles. The van der Waals surface area contributed by atoms with Crippen LogP contribution in [0.25, 0.3) is 0 Å². The van der Waals surface area contributed by atoms with Gasteiger partial charge >= 0.3 is 0 Å². The van der Waals surface area contributed by atoms with E-state index in [1.54, 1.807) is 24.3 Å². The van der Waals surface area contributed by atoms with E-state index in [9.17, 15) is 9.00 Å². The van der Waals surface area contributed by atoms with Crippen LogP contribution in [0, 0.1) is 0 Å². The van der Waals surface area contributed by atoms with E-state index in [2.05, 4.69) is 0 Å². The van der Waals surface area contributed by atoms with E-state index in [0.29, 0.717) is 10.6 Å². The number of amides is 1. The van der Waals surface area contributed by atoms with Crippen LogP contribution in [0.5, 0.6) is 0 Å². The highest BCUT2D eigenvalue weighted by molar-refractivity contribution is 7.85. The van der Waals surface area contributed by atoms with E-state index < -0.39 is 16.7 Å². The van der Waals surface area contributed by atoms with Gasteiger partial charge in [-0.3, -0.25) is 9.00 Å². The molecule has 0 spiro atoms. The molecule has 1 rings (SSSR count). The van der Waals surface area contributed by atoms with Crippen LogP contribution in [0.3, 0.4) is 0 Å². The molecule has 0 aromatic heterocycles. The Kier molecular flexibility index (Phi) is 3.02. The molecule has 1 atom stereocenters. The lowest BCUT2D eigenvalue weighted by Crippen LogP contribution is -2.19. The first-order valence-corrected chi connectivity index (χ1v) is 4.93. The fourth-order valence-corrected chi connectivity index (χ4v) is 1.79. The zero-order chi connectivity index (χ0) is 9.84. The molecule has 0 aliphatic carbocycles. The minimum absolute atomic E-state index is 0.163. The van der Waals surface area contributed by atoms with Crippen LogP contribution in [0.4, 0.5) is 5.69 Å². The summed E-state index contributed by atoms with van der Waals surface area (Å²) < 4.78 is 11.4. The van der Waals surface area contributed by atoms with E-state index in [-0.39, 0.29) is 5.75 Å².